The first-order valence-corrected chi connectivity index (χ1v) is 22.2. The van der Waals surface area contributed by atoms with Crippen LogP contribution >= 0.6 is 23.2 Å². The summed E-state index contributed by atoms with van der Waals surface area (Å²) in [6.07, 6.45) is 0.896. The minimum absolute atomic E-state index is 0.0116. The molecule has 0 spiro atoms. The van der Waals surface area contributed by atoms with E-state index in [-0.39, 0.29) is 73.0 Å². The number of hydroxylamine groups is 2. The number of hydrogen-bond acceptors (Lipinski definition) is 14. The molecular formula is C46H54Cl2N4O14. The molecule has 0 unspecified atom stereocenters. The van der Waals surface area contributed by atoms with Gasteiger partial charge in [0.2, 0.25) is 11.8 Å². The summed E-state index contributed by atoms with van der Waals surface area (Å²) in [5, 5.41) is 17.9. The number of halogens is 2. The molecule has 4 bridgehead atoms. The van der Waals surface area contributed by atoms with Crippen LogP contribution in [0.1, 0.15) is 84.1 Å². The Morgan fingerprint density at radius 3 is 2.38 bits per heavy atom. The van der Waals surface area contributed by atoms with Crippen molar-refractivity contribution >= 4 is 81.9 Å². The molecule has 5 amide bonds. The first-order valence-electron chi connectivity index (χ1n) is 21.5. The lowest BCUT2D eigenvalue weighted by atomic mass is 9.78. The number of esters is 1. The highest BCUT2D eigenvalue weighted by Gasteiger charge is 2.64. The zero-order valence-corrected chi connectivity index (χ0v) is 39.0. The Hall–Kier alpha value is -5.53. The Labute approximate surface area is 391 Å². The number of nitrogens with zero attached hydrogens (tertiary/aromatic N) is 2. The lowest BCUT2D eigenvalue weighted by Gasteiger charge is -2.41. The van der Waals surface area contributed by atoms with Crippen molar-refractivity contribution in [3.63, 3.8) is 0 Å². The van der Waals surface area contributed by atoms with Gasteiger partial charge in [-0.05, 0) is 69.0 Å². The lowest BCUT2D eigenvalue weighted by molar-refractivity contribution is -0.197. The predicted octanol–water partition coefficient (Wildman–Crippen LogP) is 6.38. The van der Waals surface area contributed by atoms with E-state index in [1.54, 1.807) is 45.2 Å². The quantitative estimate of drug-likeness (QED) is 0.0961. The second-order valence-electron chi connectivity index (χ2n) is 17.1. The SMILES string of the molecule is COc1cc2cc(c1Cl)N(C)C(=O)C[C@H](OC(=O)Nc1ccc(NC(=O)CCCCC(=O)ON3C(=O)CCC3=O)cc1Cl)[C@]1(C)O[C@H]1[C@H](C)[C@@H]1C[C@@](O)(CC(=O)O1)[C@H](OC)/C=C/C=C(\C)C2. The number of carbonyl (C=O) groups excluding carboxylic acids is 7. The average Bonchev–Trinajstić information content (AvgIpc) is 3.87. The van der Waals surface area contributed by atoms with Gasteiger partial charge >= 0.3 is 18.0 Å². The molecule has 6 rings (SSSR count). The Kier molecular flexibility index (Phi) is 15.9. The van der Waals surface area contributed by atoms with Crippen molar-refractivity contribution in [1.29, 1.82) is 0 Å². The van der Waals surface area contributed by atoms with Gasteiger partial charge in [0.15, 0.2) is 0 Å². The molecule has 3 saturated heterocycles. The summed E-state index contributed by atoms with van der Waals surface area (Å²) in [4.78, 5) is 95.3. The van der Waals surface area contributed by atoms with Crippen molar-refractivity contribution in [1.82, 2.24) is 5.06 Å². The molecule has 0 aliphatic carbocycles. The summed E-state index contributed by atoms with van der Waals surface area (Å²) in [6, 6.07) is 7.90. The monoisotopic (exact) mass is 956 g/mol. The summed E-state index contributed by atoms with van der Waals surface area (Å²) in [5.41, 5.74) is -0.436. The third-order valence-electron chi connectivity index (χ3n) is 12.2. The van der Waals surface area contributed by atoms with Crippen molar-refractivity contribution in [3.8, 4) is 5.75 Å². The van der Waals surface area contributed by atoms with E-state index in [1.807, 2.05) is 13.0 Å². The summed E-state index contributed by atoms with van der Waals surface area (Å²) >= 11 is 13.3. The van der Waals surface area contributed by atoms with E-state index in [0.29, 0.717) is 35.0 Å². The van der Waals surface area contributed by atoms with Gasteiger partial charge in [-0.3, -0.25) is 29.3 Å². The Bertz CT molecular complexity index is 2310. The molecule has 0 aromatic heterocycles. The van der Waals surface area contributed by atoms with Crippen LogP contribution in [-0.2, 0) is 59.0 Å². The van der Waals surface area contributed by atoms with E-state index in [2.05, 4.69) is 10.6 Å². The average molecular weight is 958 g/mol. The zero-order valence-electron chi connectivity index (χ0n) is 37.5. The number of carbonyl (C=O) groups is 7. The molecule has 20 heteroatoms. The fourth-order valence-electron chi connectivity index (χ4n) is 8.41. The smallest absolute Gasteiger partial charge is 0.412 e. The maximum atomic E-state index is 14.2. The van der Waals surface area contributed by atoms with Gasteiger partial charge in [-0.2, -0.15) is 0 Å². The standard InChI is InChI=1S/C46H54Cl2N4O14/c1-25-10-9-11-34(62-6)46(60)23-33(63-41(58)24-46)26(2)43-45(3,65-43)35(22-39(56)51(4)31-19-27(18-25)20-32(61-5)42(31)48)64-44(59)50-30-15-14-28(21-29(30)47)49-36(53)12-7-8-13-40(57)66-52-37(54)16-17-38(52)55/h9-11,14-15,19-21,26,33-35,43,60H,7-8,12-13,16-18,22-24H2,1-6H3,(H,49,53)(H,50,59)/b11-9+,25-10+/t26-,33+,34-,35+,43+,45+,46-/m1/s1. The molecule has 3 fully saturated rings. The van der Waals surface area contributed by atoms with Gasteiger partial charge in [0.05, 0.1) is 42.5 Å². The van der Waals surface area contributed by atoms with Crippen molar-refractivity contribution in [2.75, 3.05) is 36.8 Å². The largest absolute Gasteiger partial charge is 0.495 e. The summed E-state index contributed by atoms with van der Waals surface area (Å²) in [5.74, 6) is -3.63. The molecule has 0 saturated carbocycles. The van der Waals surface area contributed by atoms with E-state index in [4.69, 9.17) is 51.7 Å². The van der Waals surface area contributed by atoms with Crippen LogP contribution in [0.15, 0.2) is 54.1 Å². The van der Waals surface area contributed by atoms with Gasteiger partial charge in [0.1, 0.15) is 40.3 Å². The summed E-state index contributed by atoms with van der Waals surface area (Å²) in [6.45, 7) is 5.38. The number of epoxide rings is 1. The van der Waals surface area contributed by atoms with Gasteiger partial charge in [0, 0.05) is 57.9 Å². The number of ether oxygens (including phenoxy) is 5. The van der Waals surface area contributed by atoms with Crippen LogP contribution in [0.25, 0.3) is 0 Å². The Balaban J connectivity index is 1.17. The summed E-state index contributed by atoms with van der Waals surface area (Å²) in [7, 11) is 4.46. The van der Waals surface area contributed by atoms with Crippen LogP contribution in [-0.4, -0.2) is 109 Å². The zero-order chi connectivity index (χ0) is 48.1. The van der Waals surface area contributed by atoms with E-state index in [0.717, 1.165) is 11.1 Å². The number of hydrogen-bond donors (Lipinski definition) is 3. The van der Waals surface area contributed by atoms with Gasteiger partial charge in [-0.1, -0.05) is 53.9 Å². The lowest BCUT2D eigenvalue weighted by Crippen LogP contribution is -2.53. The third kappa shape index (κ3) is 11.7. The number of anilines is 3. The first-order chi connectivity index (χ1) is 31.2. The predicted molar refractivity (Wildman–Crippen MR) is 240 cm³/mol. The second kappa shape index (κ2) is 21.0. The minimum Gasteiger partial charge on any atom is -0.495 e. The van der Waals surface area contributed by atoms with Crippen LogP contribution < -0.4 is 20.3 Å². The van der Waals surface area contributed by atoms with Gasteiger partial charge < -0.3 is 43.8 Å². The molecule has 2 aromatic rings. The van der Waals surface area contributed by atoms with Crippen LogP contribution in [0, 0.1) is 5.92 Å². The number of fused-ring (bicyclic) bond motifs is 5. The normalized spacial score (nSPS) is 28.1. The maximum absolute atomic E-state index is 14.2. The Morgan fingerprint density at radius 2 is 1.70 bits per heavy atom. The van der Waals surface area contributed by atoms with Gasteiger partial charge in [0.25, 0.3) is 11.8 Å². The highest BCUT2D eigenvalue weighted by Crippen LogP contribution is 2.50. The fourth-order valence-corrected chi connectivity index (χ4v) is 8.95. The molecule has 4 aliphatic heterocycles. The molecule has 4 aliphatic rings. The number of aliphatic hydroxyl groups is 1. The van der Waals surface area contributed by atoms with E-state index in [9.17, 15) is 38.7 Å². The number of imide groups is 1. The maximum Gasteiger partial charge on any atom is 0.412 e. The number of nitrogens with one attached hydrogen (secondary N) is 2. The van der Waals surface area contributed by atoms with Crippen molar-refractivity contribution in [2.45, 2.75) is 121 Å². The minimum atomic E-state index is -1.63. The molecule has 66 heavy (non-hydrogen) atoms. The van der Waals surface area contributed by atoms with Gasteiger partial charge in [-0.25, -0.2) is 9.59 Å². The highest BCUT2D eigenvalue weighted by molar-refractivity contribution is 6.35. The molecule has 2 aromatic carbocycles. The molecule has 356 valence electrons. The second-order valence-corrected chi connectivity index (χ2v) is 17.9. The Morgan fingerprint density at radius 1 is 0.985 bits per heavy atom. The van der Waals surface area contributed by atoms with Crippen LogP contribution in [0.4, 0.5) is 21.9 Å². The van der Waals surface area contributed by atoms with Crippen molar-refractivity contribution < 1.29 is 67.2 Å². The van der Waals surface area contributed by atoms with E-state index in [1.165, 1.54) is 37.3 Å². The molecular weight excluding hydrogens is 903 g/mol. The molecule has 3 N–H and O–H groups in total. The van der Waals surface area contributed by atoms with E-state index < -0.39 is 77.3 Å². The first kappa shape index (κ1) is 49.9. The number of unbranched alkanes of at least 4 members (excludes halogenated alkanes) is 1. The van der Waals surface area contributed by atoms with Crippen molar-refractivity contribution in [3.05, 3.63) is 69.7 Å². The fraction of sp³-hybridized carbons (Fsp3) is 0.500. The van der Waals surface area contributed by atoms with Crippen LogP contribution in [0.3, 0.4) is 0 Å². The van der Waals surface area contributed by atoms with Crippen LogP contribution in [0.2, 0.25) is 10.0 Å². The number of methoxy groups -OCH3 is 2. The topological polar surface area (TPSA) is 229 Å². The number of benzene rings is 2. The van der Waals surface area contributed by atoms with E-state index >= 15 is 0 Å². The molecule has 7 atom stereocenters. The summed E-state index contributed by atoms with van der Waals surface area (Å²) < 4.78 is 29.3. The number of allylic oxidation sites excluding steroid dienone is 3. The highest BCUT2D eigenvalue weighted by atomic mass is 35.5. The third-order valence-corrected chi connectivity index (χ3v) is 12.9. The number of amides is 5. The molecule has 0 radical (unpaired) electrons. The van der Waals surface area contributed by atoms with Crippen molar-refractivity contribution in [2.24, 2.45) is 5.92 Å². The molecule has 4 heterocycles. The number of rotatable bonds is 11. The van der Waals surface area contributed by atoms with Gasteiger partial charge in [-0.15, -0.1) is 5.06 Å². The molecule has 18 nitrogen and oxygen atoms in total. The van der Waals surface area contributed by atoms with Crippen LogP contribution in [0.5, 0.6) is 5.75 Å².